The summed E-state index contributed by atoms with van der Waals surface area (Å²) < 4.78 is 8.79. The maximum absolute atomic E-state index is 11.3. The van der Waals surface area contributed by atoms with E-state index in [-0.39, 0.29) is 6.73 Å². The molecule has 4 nitrogen and oxygen atoms in total. The van der Waals surface area contributed by atoms with Crippen LogP contribution in [-0.2, 0) is 12.8 Å². The van der Waals surface area contributed by atoms with Crippen molar-refractivity contribution in [2.24, 2.45) is 0 Å². The molecule has 0 fully saturated rings. The van der Waals surface area contributed by atoms with Crippen LogP contribution in [0.15, 0.2) is 53.0 Å². The largest absolute Gasteiger partial charge is 0.476 e. The average molecular weight is 422 g/mol. The molecular weight excluding hydrogens is 402 g/mol. The van der Waals surface area contributed by atoms with Crippen LogP contribution in [0.2, 0.25) is 0 Å². The van der Waals surface area contributed by atoms with E-state index in [0.717, 1.165) is 41.6 Å². The molecule has 0 spiro atoms. The van der Waals surface area contributed by atoms with Gasteiger partial charge >= 0.3 is 5.30 Å². The van der Waals surface area contributed by atoms with Gasteiger partial charge in [-0.25, -0.2) is 9.10 Å². The second-order valence-electron chi connectivity index (χ2n) is 5.73. The lowest BCUT2D eigenvalue weighted by Crippen LogP contribution is -2.23. The van der Waals surface area contributed by atoms with Crippen LogP contribution in [0.25, 0.3) is 0 Å². The molecule has 2 aromatic carbocycles. The van der Waals surface area contributed by atoms with Crippen LogP contribution in [0, 0.1) is 0 Å². The molecule has 0 amide bonds. The van der Waals surface area contributed by atoms with E-state index >= 15 is 0 Å². The van der Waals surface area contributed by atoms with Gasteiger partial charge < -0.3 is 9.84 Å². The summed E-state index contributed by atoms with van der Waals surface area (Å²) in [7, 11) is -0.852. The highest BCUT2D eigenvalue weighted by atomic mass is 79.9. The lowest BCUT2D eigenvalue weighted by Gasteiger charge is -2.20. The van der Waals surface area contributed by atoms with Crippen LogP contribution in [0.4, 0.5) is 4.79 Å². The number of carbonyl (C=O) groups is 1. The van der Waals surface area contributed by atoms with Crippen LogP contribution < -0.4 is 4.74 Å². The number of ether oxygens (including phenoxy) is 1. The van der Waals surface area contributed by atoms with Crippen molar-refractivity contribution < 1.29 is 14.6 Å². The number of hydrogen-bond donors (Lipinski definition) is 1. The highest BCUT2D eigenvalue weighted by Crippen LogP contribution is 2.32. The van der Waals surface area contributed by atoms with Gasteiger partial charge in [0.25, 0.3) is 0 Å². The van der Waals surface area contributed by atoms with Crippen molar-refractivity contribution in [3.63, 3.8) is 0 Å². The Balaban J connectivity index is 1.68. The number of aryl methyl sites for hydroxylation is 2. The first-order chi connectivity index (χ1) is 12.1. The summed E-state index contributed by atoms with van der Waals surface area (Å²) >= 11 is 3.56. The van der Waals surface area contributed by atoms with Crippen LogP contribution in [0.5, 0.6) is 5.75 Å². The van der Waals surface area contributed by atoms with Gasteiger partial charge in [-0.3, -0.25) is 0 Å². The van der Waals surface area contributed by atoms with Crippen LogP contribution >= 0.6 is 26.6 Å². The zero-order valence-electron chi connectivity index (χ0n) is 13.7. The van der Waals surface area contributed by atoms with Gasteiger partial charge in [-0.2, -0.15) is 0 Å². The van der Waals surface area contributed by atoms with Crippen LogP contribution in [-0.4, -0.2) is 33.4 Å². The summed E-state index contributed by atoms with van der Waals surface area (Å²) in [5.74, 6) is 0.805. The zero-order valence-corrected chi connectivity index (χ0v) is 16.1. The van der Waals surface area contributed by atoms with E-state index in [1.165, 1.54) is 5.56 Å². The third-order valence-electron chi connectivity index (χ3n) is 4.04. The fourth-order valence-corrected chi connectivity index (χ4v) is 4.68. The van der Waals surface area contributed by atoms with Gasteiger partial charge in [0.2, 0.25) is 0 Å². The Morgan fingerprint density at radius 1 is 1.16 bits per heavy atom. The Morgan fingerprint density at radius 3 is 2.72 bits per heavy atom. The second-order valence-corrected chi connectivity index (χ2v) is 8.41. The Kier molecular flexibility index (Phi) is 6.29. The zero-order chi connectivity index (χ0) is 17.6. The van der Waals surface area contributed by atoms with Crippen molar-refractivity contribution in [1.82, 2.24) is 4.31 Å². The van der Waals surface area contributed by atoms with Crippen LogP contribution in [0.3, 0.4) is 0 Å². The Labute approximate surface area is 158 Å². The molecule has 0 aromatic heterocycles. The van der Waals surface area contributed by atoms with Gasteiger partial charge in [0.1, 0.15) is 5.75 Å². The fraction of sp³-hybridized carbons (Fsp3) is 0.263. The lowest BCUT2D eigenvalue weighted by atomic mass is 10.0. The Hall–Kier alpha value is -1.63. The SMILES string of the molecule is O=C(O)S1=CCCN1COc1c(Br)cccc1CCc1ccccc1. The molecule has 0 bridgehead atoms. The van der Waals surface area contributed by atoms with E-state index in [9.17, 15) is 9.90 Å². The topological polar surface area (TPSA) is 49.8 Å². The van der Waals surface area contributed by atoms with Crippen molar-refractivity contribution in [3.05, 3.63) is 64.1 Å². The van der Waals surface area contributed by atoms with E-state index in [1.807, 2.05) is 40.0 Å². The molecule has 1 atom stereocenters. The molecule has 0 radical (unpaired) electrons. The maximum atomic E-state index is 11.3. The fourth-order valence-electron chi connectivity index (χ4n) is 2.79. The molecule has 0 saturated heterocycles. The first-order valence-corrected chi connectivity index (χ1v) is 10.2. The van der Waals surface area contributed by atoms with E-state index in [4.69, 9.17) is 4.74 Å². The molecule has 132 valence electrons. The van der Waals surface area contributed by atoms with Gasteiger partial charge in [0.15, 0.2) is 6.73 Å². The quantitative estimate of drug-likeness (QED) is 0.670. The van der Waals surface area contributed by atoms with Crippen molar-refractivity contribution >= 4 is 37.3 Å². The predicted molar refractivity (Wildman–Crippen MR) is 106 cm³/mol. The summed E-state index contributed by atoms with van der Waals surface area (Å²) in [5, 5.41) is 10.3. The van der Waals surface area contributed by atoms with Gasteiger partial charge in [-0.1, -0.05) is 42.5 Å². The number of halogens is 1. The minimum Gasteiger partial charge on any atom is -0.476 e. The number of para-hydroxylation sites is 1. The molecule has 1 N–H and O–H groups in total. The molecule has 2 aromatic rings. The third-order valence-corrected chi connectivity index (χ3v) is 6.42. The molecule has 25 heavy (non-hydrogen) atoms. The molecule has 1 aliphatic rings. The molecule has 1 heterocycles. The normalized spacial score (nSPS) is 17.2. The molecule has 0 saturated carbocycles. The monoisotopic (exact) mass is 421 g/mol. The van der Waals surface area contributed by atoms with Gasteiger partial charge in [-0.05, 0) is 68.4 Å². The summed E-state index contributed by atoms with van der Waals surface area (Å²) in [6, 6.07) is 16.4. The average Bonchev–Trinajstić information content (AvgIpc) is 3.09. The van der Waals surface area contributed by atoms with Crippen molar-refractivity contribution in [2.45, 2.75) is 19.3 Å². The number of hydrogen-bond acceptors (Lipinski definition) is 3. The number of benzene rings is 2. The van der Waals surface area contributed by atoms with Gasteiger partial charge in [0.05, 0.1) is 4.47 Å². The van der Waals surface area contributed by atoms with E-state index < -0.39 is 16.0 Å². The molecule has 1 aliphatic heterocycles. The Morgan fingerprint density at radius 2 is 1.96 bits per heavy atom. The highest BCUT2D eigenvalue weighted by Gasteiger charge is 2.21. The summed E-state index contributed by atoms with van der Waals surface area (Å²) in [4.78, 5) is 11.3. The van der Waals surface area contributed by atoms with Gasteiger partial charge in [0, 0.05) is 6.54 Å². The van der Waals surface area contributed by atoms with Crippen molar-refractivity contribution in [3.8, 4) is 5.75 Å². The lowest BCUT2D eigenvalue weighted by molar-refractivity contribution is 0.205. The standard InChI is InChI=1S/C19H20BrNO3S/c20-17-9-4-8-16(11-10-15-6-2-1-3-7-15)18(17)24-14-21-12-5-13-25(21)19(22)23/h1-4,6-9,13H,5,10-12,14H2,(H,22,23). The smallest absolute Gasteiger partial charge is 0.373 e. The number of carboxylic acid groups (broad SMARTS) is 1. The van der Waals surface area contributed by atoms with Crippen molar-refractivity contribution in [1.29, 1.82) is 0 Å². The number of nitrogens with zero attached hydrogens (tertiary/aromatic N) is 1. The van der Waals surface area contributed by atoms with E-state index in [0.29, 0.717) is 0 Å². The summed E-state index contributed by atoms with van der Waals surface area (Å²) in [6.07, 6.45) is 2.59. The number of rotatable bonds is 6. The predicted octanol–water partition coefficient (Wildman–Crippen LogP) is 4.94. The first kappa shape index (κ1) is 18.2. The van der Waals surface area contributed by atoms with E-state index in [2.05, 4.69) is 34.1 Å². The first-order valence-electron chi connectivity index (χ1n) is 8.13. The minimum atomic E-state index is -0.852. The molecule has 3 rings (SSSR count). The molecule has 0 aliphatic carbocycles. The summed E-state index contributed by atoms with van der Waals surface area (Å²) in [6.45, 7) is 1.01. The highest BCUT2D eigenvalue weighted by molar-refractivity contribution is 9.10. The van der Waals surface area contributed by atoms with Crippen LogP contribution in [0.1, 0.15) is 17.5 Å². The molecule has 6 heteroatoms. The van der Waals surface area contributed by atoms with Gasteiger partial charge in [-0.15, -0.1) is 0 Å². The Bertz CT molecular complexity index is 779. The molecule has 1 unspecified atom stereocenters. The van der Waals surface area contributed by atoms with Crippen molar-refractivity contribution in [2.75, 3.05) is 13.3 Å². The summed E-state index contributed by atoms with van der Waals surface area (Å²) in [5.41, 5.74) is 2.41. The maximum Gasteiger partial charge on any atom is 0.373 e. The van der Waals surface area contributed by atoms with E-state index in [1.54, 1.807) is 0 Å². The molecular formula is C19H20BrNO3S. The second kappa shape index (κ2) is 8.65. The minimum absolute atomic E-state index is 0.285. The third kappa shape index (κ3) is 4.71.